The summed E-state index contributed by atoms with van der Waals surface area (Å²) in [4.78, 5) is 12.4. The van der Waals surface area contributed by atoms with Crippen LogP contribution >= 0.6 is 23.1 Å². The lowest BCUT2D eigenvalue weighted by Crippen LogP contribution is -2.15. The molecule has 0 aliphatic rings. The van der Waals surface area contributed by atoms with Gasteiger partial charge in [0.1, 0.15) is 11.6 Å². The smallest absolute Gasteiger partial charge is 0.206 e. The number of carbonyl (C=O) groups excluding carboxylic acids is 1. The van der Waals surface area contributed by atoms with Gasteiger partial charge in [-0.2, -0.15) is 0 Å². The van der Waals surface area contributed by atoms with Crippen molar-refractivity contribution in [2.75, 3.05) is 5.32 Å². The Morgan fingerprint density at radius 2 is 1.96 bits per heavy atom. The lowest BCUT2D eigenvalue weighted by atomic mass is 10.1. The molecule has 0 radical (unpaired) electrons. The molecule has 3 rings (SSSR count). The zero-order valence-corrected chi connectivity index (χ0v) is 15.4. The van der Waals surface area contributed by atoms with E-state index in [-0.39, 0.29) is 5.56 Å². The molecule has 2 aromatic carbocycles. The quantitative estimate of drug-likeness (QED) is 0.463. The predicted octanol–water partition coefficient (Wildman–Crippen LogP) is 4.79. The number of benzene rings is 2. The van der Waals surface area contributed by atoms with Crippen molar-refractivity contribution in [1.82, 2.24) is 10.2 Å². The van der Waals surface area contributed by atoms with Gasteiger partial charge in [0, 0.05) is 12.6 Å². The molecule has 4 nitrogen and oxygen atoms in total. The third-order valence-corrected chi connectivity index (χ3v) is 5.60. The number of thioether (sulfide) groups is 1. The molecule has 134 valence electrons. The first-order chi connectivity index (χ1) is 12.5. The minimum Gasteiger partial charge on any atom is -0.356 e. The highest BCUT2D eigenvalue weighted by Gasteiger charge is 2.21. The van der Waals surface area contributed by atoms with Crippen LogP contribution in [0.5, 0.6) is 0 Å². The average molecular weight is 391 g/mol. The normalized spacial score (nSPS) is 12.0. The van der Waals surface area contributed by atoms with Crippen molar-refractivity contribution < 1.29 is 13.6 Å². The summed E-state index contributed by atoms with van der Waals surface area (Å²) in [6.45, 7) is 2.28. The first kappa shape index (κ1) is 18.5. The van der Waals surface area contributed by atoms with Crippen molar-refractivity contribution in [3.8, 4) is 0 Å². The highest BCUT2D eigenvalue weighted by atomic mass is 32.2. The van der Waals surface area contributed by atoms with Crippen molar-refractivity contribution in [2.45, 2.75) is 23.1 Å². The third kappa shape index (κ3) is 4.64. The fourth-order valence-electron chi connectivity index (χ4n) is 2.22. The number of rotatable bonds is 7. The van der Waals surface area contributed by atoms with Crippen LogP contribution in [0, 0.1) is 11.6 Å². The van der Waals surface area contributed by atoms with Crippen LogP contribution in [0.2, 0.25) is 0 Å². The number of nitrogens with zero attached hydrogens (tertiary/aromatic N) is 2. The number of ketones is 1. The lowest BCUT2D eigenvalue weighted by Gasteiger charge is -2.08. The lowest BCUT2D eigenvalue weighted by molar-refractivity contribution is 0.0990. The Hall–Kier alpha value is -2.32. The molecule has 0 aliphatic heterocycles. The maximum atomic E-state index is 13.8. The largest absolute Gasteiger partial charge is 0.356 e. The van der Waals surface area contributed by atoms with E-state index in [1.807, 2.05) is 30.3 Å². The first-order valence-electron chi connectivity index (χ1n) is 7.80. The summed E-state index contributed by atoms with van der Waals surface area (Å²) in [5.41, 5.74) is 0.991. The van der Waals surface area contributed by atoms with Crippen LogP contribution in [0.15, 0.2) is 52.9 Å². The molecule has 0 bridgehead atoms. The number of anilines is 1. The van der Waals surface area contributed by atoms with E-state index < -0.39 is 22.7 Å². The number of nitrogens with one attached hydrogen (secondary N) is 1. The van der Waals surface area contributed by atoms with Crippen molar-refractivity contribution in [3.05, 3.63) is 71.3 Å². The SMILES string of the molecule is CC(Sc1nnc(NCc2ccccc2)s1)C(=O)c1ccc(F)cc1F. The second-order valence-electron chi connectivity index (χ2n) is 5.46. The number of hydrogen-bond acceptors (Lipinski definition) is 6. The molecule has 1 unspecified atom stereocenters. The maximum absolute atomic E-state index is 13.8. The zero-order chi connectivity index (χ0) is 18.5. The Kier molecular flexibility index (Phi) is 5.95. The molecule has 26 heavy (non-hydrogen) atoms. The van der Waals surface area contributed by atoms with Crippen LogP contribution in [-0.2, 0) is 6.54 Å². The summed E-state index contributed by atoms with van der Waals surface area (Å²) < 4.78 is 27.3. The van der Waals surface area contributed by atoms with Crippen LogP contribution in [0.3, 0.4) is 0 Å². The minimum atomic E-state index is -0.857. The van der Waals surface area contributed by atoms with Gasteiger partial charge in [-0.3, -0.25) is 4.79 Å². The zero-order valence-electron chi connectivity index (χ0n) is 13.8. The number of Topliss-reactive ketones (excluding diaryl/α,β-unsaturated/α-hetero) is 1. The Bertz CT molecular complexity index is 902. The van der Waals surface area contributed by atoms with Gasteiger partial charge in [-0.1, -0.05) is 53.4 Å². The standard InChI is InChI=1S/C18H15F2N3OS2/c1-11(16(24)14-8-7-13(19)9-15(14)20)25-18-23-22-17(26-18)21-10-12-5-3-2-4-6-12/h2-9,11H,10H2,1H3,(H,21,22). The highest BCUT2D eigenvalue weighted by molar-refractivity contribution is 8.02. The molecule has 0 fully saturated rings. The molecule has 8 heteroatoms. The second-order valence-corrected chi connectivity index (χ2v) is 8.03. The van der Waals surface area contributed by atoms with Gasteiger partial charge in [0.15, 0.2) is 10.1 Å². The third-order valence-electron chi connectivity index (χ3n) is 3.54. The van der Waals surface area contributed by atoms with Crippen molar-refractivity contribution in [2.24, 2.45) is 0 Å². The molecular weight excluding hydrogens is 376 g/mol. The van der Waals surface area contributed by atoms with Crippen LogP contribution in [-0.4, -0.2) is 21.2 Å². The van der Waals surface area contributed by atoms with Gasteiger partial charge in [-0.05, 0) is 24.6 Å². The molecular formula is C18H15F2N3OS2. The van der Waals surface area contributed by atoms with E-state index >= 15 is 0 Å². The molecule has 0 spiro atoms. The maximum Gasteiger partial charge on any atom is 0.206 e. The molecule has 0 aliphatic carbocycles. The summed E-state index contributed by atoms with van der Waals surface area (Å²) in [7, 11) is 0. The van der Waals surface area contributed by atoms with Gasteiger partial charge in [0.05, 0.1) is 10.8 Å². The summed E-state index contributed by atoms with van der Waals surface area (Å²) in [6.07, 6.45) is 0. The summed E-state index contributed by atoms with van der Waals surface area (Å²) in [5, 5.41) is 11.3. The van der Waals surface area contributed by atoms with Gasteiger partial charge < -0.3 is 5.32 Å². The van der Waals surface area contributed by atoms with Crippen LogP contribution < -0.4 is 5.32 Å². The van der Waals surface area contributed by atoms with Gasteiger partial charge in [-0.15, -0.1) is 10.2 Å². The van der Waals surface area contributed by atoms with Gasteiger partial charge in [0.25, 0.3) is 0 Å². The summed E-state index contributed by atoms with van der Waals surface area (Å²) in [5.74, 6) is -1.98. The van der Waals surface area contributed by atoms with E-state index in [2.05, 4.69) is 15.5 Å². The highest BCUT2D eigenvalue weighted by Crippen LogP contribution is 2.31. The Morgan fingerprint density at radius 3 is 2.69 bits per heavy atom. The van der Waals surface area contributed by atoms with E-state index in [4.69, 9.17) is 0 Å². The second kappa shape index (κ2) is 8.37. The summed E-state index contributed by atoms with van der Waals surface area (Å²) in [6, 6.07) is 12.8. The molecule has 0 amide bonds. The van der Waals surface area contributed by atoms with Gasteiger partial charge in [-0.25, -0.2) is 8.78 Å². The van der Waals surface area contributed by atoms with Gasteiger partial charge >= 0.3 is 0 Å². The molecule has 0 saturated heterocycles. The Balaban J connectivity index is 1.60. The molecule has 3 aromatic rings. The van der Waals surface area contributed by atoms with Crippen LogP contribution in [0.4, 0.5) is 13.9 Å². The van der Waals surface area contributed by atoms with Crippen molar-refractivity contribution in [3.63, 3.8) is 0 Å². The fraction of sp³-hybridized carbons (Fsp3) is 0.167. The van der Waals surface area contributed by atoms with Crippen LogP contribution in [0.25, 0.3) is 0 Å². The molecule has 1 N–H and O–H groups in total. The van der Waals surface area contributed by atoms with E-state index in [0.29, 0.717) is 22.1 Å². The predicted molar refractivity (Wildman–Crippen MR) is 99.7 cm³/mol. The minimum absolute atomic E-state index is 0.127. The average Bonchev–Trinajstić information content (AvgIpc) is 3.08. The topological polar surface area (TPSA) is 54.9 Å². The molecule has 1 aromatic heterocycles. The number of carbonyl (C=O) groups is 1. The van der Waals surface area contributed by atoms with E-state index in [1.165, 1.54) is 23.1 Å². The van der Waals surface area contributed by atoms with E-state index in [1.54, 1.807) is 6.92 Å². The summed E-state index contributed by atoms with van der Waals surface area (Å²) >= 11 is 2.52. The Morgan fingerprint density at radius 1 is 1.19 bits per heavy atom. The van der Waals surface area contributed by atoms with E-state index in [9.17, 15) is 13.6 Å². The monoisotopic (exact) mass is 391 g/mol. The molecule has 1 heterocycles. The van der Waals surface area contributed by atoms with Gasteiger partial charge in [0.2, 0.25) is 5.13 Å². The molecule has 0 saturated carbocycles. The Labute approximate surface area is 157 Å². The van der Waals surface area contributed by atoms with Crippen LogP contribution in [0.1, 0.15) is 22.8 Å². The number of aromatic nitrogens is 2. The fourth-order valence-corrected chi connectivity index (χ4v) is 4.18. The van der Waals surface area contributed by atoms with Crippen molar-refractivity contribution in [1.29, 1.82) is 0 Å². The number of hydrogen-bond donors (Lipinski definition) is 1. The number of halogens is 2. The first-order valence-corrected chi connectivity index (χ1v) is 9.50. The van der Waals surface area contributed by atoms with Crippen molar-refractivity contribution >= 4 is 34.0 Å². The van der Waals surface area contributed by atoms with E-state index in [0.717, 1.165) is 17.7 Å². The molecule has 1 atom stereocenters.